The molecule has 0 N–H and O–H groups in total. The van der Waals surface area contributed by atoms with Crippen LogP contribution in [-0.2, 0) is 4.74 Å². The molecule has 1 atom stereocenters. The number of hydrogen-bond acceptors (Lipinski definition) is 3. The predicted molar refractivity (Wildman–Crippen MR) is 67.5 cm³/mol. The van der Waals surface area contributed by atoms with Crippen LogP contribution in [0.5, 0.6) is 0 Å². The van der Waals surface area contributed by atoms with E-state index < -0.39 is 5.60 Å². The Hall–Kier alpha value is -1.06. The van der Waals surface area contributed by atoms with E-state index in [0.29, 0.717) is 0 Å². The Balaban J connectivity index is 2.01. The Kier molecular flexibility index (Phi) is 3.40. The van der Waals surface area contributed by atoms with Crippen LogP contribution in [0.4, 0.5) is 4.79 Å². The van der Waals surface area contributed by atoms with Crippen molar-refractivity contribution in [3.8, 4) is 0 Å². The van der Waals surface area contributed by atoms with E-state index in [1.807, 2.05) is 25.7 Å². The zero-order valence-electron chi connectivity index (χ0n) is 11.0. The van der Waals surface area contributed by atoms with E-state index in [2.05, 4.69) is 4.99 Å². The van der Waals surface area contributed by atoms with Gasteiger partial charge in [0.1, 0.15) is 5.60 Å². The van der Waals surface area contributed by atoms with Gasteiger partial charge in [0.15, 0.2) is 0 Å². The highest BCUT2D eigenvalue weighted by atomic mass is 16.6. The van der Waals surface area contributed by atoms with E-state index in [0.717, 1.165) is 38.8 Å². The number of carbonyl (C=O) groups is 1. The molecule has 17 heavy (non-hydrogen) atoms. The van der Waals surface area contributed by atoms with Gasteiger partial charge in [-0.25, -0.2) is 4.79 Å². The molecule has 0 unspecified atom stereocenters. The maximum absolute atomic E-state index is 12.1. The van der Waals surface area contributed by atoms with Crippen molar-refractivity contribution in [3.63, 3.8) is 0 Å². The second-order valence-electron chi connectivity index (χ2n) is 5.81. The maximum Gasteiger partial charge on any atom is 0.410 e. The van der Waals surface area contributed by atoms with Gasteiger partial charge < -0.3 is 4.74 Å². The summed E-state index contributed by atoms with van der Waals surface area (Å²) in [6.45, 7) is 7.45. The second kappa shape index (κ2) is 4.67. The molecule has 0 radical (unpaired) electrons. The normalized spacial score (nSPS) is 25.0. The maximum atomic E-state index is 12.1. The van der Waals surface area contributed by atoms with Gasteiger partial charge >= 0.3 is 6.09 Å². The van der Waals surface area contributed by atoms with Crippen molar-refractivity contribution in [2.45, 2.75) is 58.1 Å². The van der Waals surface area contributed by atoms with E-state index in [4.69, 9.17) is 4.74 Å². The molecule has 4 heteroatoms. The van der Waals surface area contributed by atoms with Crippen molar-refractivity contribution in [2.24, 2.45) is 4.99 Å². The molecule has 0 aromatic rings. The molecule has 0 aliphatic carbocycles. The Labute approximate surface area is 103 Å². The predicted octanol–water partition coefficient (Wildman–Crippen LogP) is 2.62. The van der Waals surface area contributed by atoms with E-state index in [9.17, 15) is 4.79 Å². The van der Waals surface area contributed by atoms with Crippen molar-refractivity contribution in [1.82, 2.24) is 4.90 Å². The Bertz CT molecular complexity index is 331. The lowest BCUT2D eigenvalue weighted by atomic mass is 10.1. The minimum absolute atomic E-state index is 0.186. The summed E-state index contributed by atoms with van der Waals surface area (Å²) in [5, 5.41) is 0. The zero-order chi connectivity index (χ0) is 12.5. The second-order valence-corrected chi connectivity index (χ2v) is 5.81. The highest BCUT2D eigenvalue weighted by molar-refractivity contribution is 5.93. The zero-order valence-corrected chi connectivity index (χ0v) is 11.0. The van der Waals surface area contributed by atoms with Gasteiger partial charge in [-0.3, -0.25) is 9.89 Å². The van der Waals surface area contributed by atoms with Crippen LogP contribution < -0.4 is 0 Å². The lowest BCUT2D eigenvalue weighted by Gasteiger charge is -2.28. The lowest BCUT2D eigenvalue weighted by molar-refractivity contribution is 0.0265. The van der Waals surface area contributed by atoms with Crippen LogP contribution in [0.15, 0.2) is 4.99 Å². The number of nitrogens with zero attached hydrogens (tertiary/aromatic N) is 2. The lowest BCUT2D eigenvalue weighted by Crippen LogP contribution is -2.43. The summed E-state index contributed by atoms with van der Waals surface area (Å²) in [4.78, 5) is 18.4. The molecule has 2 aliphatic heterocycles. The van der Waals surface area contributed by atoms with Crippen molar-refractivity contribution >= 4 is 11.8 Å². The monoisotopic (exact) mass is 238 g/mol. The number of amides is 1. The molecule has 0 spiro atoms. The highest BCUT2D eigenvalue weighted by Gasteiger charge is 2.35. The van der Waals surface area contributed by atoms with Crippen LogP contribution in [0.25, 0.3) is 0 Å². The Morgan fingerprint density at radius 2 is 2.18 bits per heavy atom. The summed E-state index contributed by atoms with van der Waals surface area (Å²) in [7, 11) is 0. The van der Waals surface area contributed by atoms with Crippen LogP contribution in [0, 0.1) is 0 Å². The van der Waals surface area contributed by atoms with E-state index in [1.54, 1.807) is 0 Å². The summed E-state index contributed by atoms with van der Waals surface area (Å²) in [6, 6.07) is 0.201. The summed E-state index contributed by atoms with van der Waals surface area (Å²) < 4.78 is 5.44. The van der Waals surface area contributed by atoms with Crippen molar-refractivity contribution in [3.05, 3.63) is 0 Å². The SMILES string of the molecule is CC(C)(C)OC(=O)N1CCC[C@H]1C1=NCCC1. The van der Waals surface area contributed by atoms with Crippen LogP contribution >= 0.6 is 0 Å². The van der Waals surface area contributed by atoms with E-state index in [-0.39, 0.29) is 12.1 Å². The third-order valence-electron chi connectivity index (χ3n) is 3.17. The summed E-state index contributed by atoms with van der Waals surface area (Å²) in [5.74, 6) is 0. The van der Waals surface area contributed by atoms with Crippen LogP contribution in [-0.4, -0.2) is 41.4 Å². The summed E-state index contributed by atoms with van der Waals surface area (Å²) in [5.41, 5.74) is 0.787. The fraction of sp³-hybridized carbons (Fsp3) is 0.846. The third kappa shape index (κ3) is 2.99. The van der Waals surface area contributed by atoms with Gasteiger partial charge in [-0.15, -0.1) is 0 Å². The fourth-order valence-corrected chi connectivity index (χ4v) is 2.49. The Morgan fingerprint density at radius 1 is 1.41 bits per heavy atom. The first kappa shape index (κ1) is 12.4. The number of rotatable bonds is 1. The molecule has 0 saturated carbocycles. The molecule has 0 aromatic heterocycles. The van der Waals surface area contributed by atoms with Crippen molar-refractivity contribution in [2.75, 3.05) is 13.1 Å². The molecule has 0 bridgehead atoms. The molecule has 2 aliphatic rings. The van der Waals surface area contributed by atoms with Gasteiger partial charge in [0.05, 0.1) is 6.04 Å². The quantitative estimate of drug-likeness (QED) is 0.704. The largest absolute Gasteiger partial charge is 0.444 e. The minimum atomic E-state index is -0.415. The first-order valence-electron chi connectivity index (χ1n) is 6.50. The molecule has 1 amide bonds. The number of likely N-dealkylation sites (tertiary alicyclic amines) is 1. The van der Waals surface area contributed by atoms with E-state index >= 15 is 0 Å². The van der Waals surface area contributed by atoms with Crippen LogP contribution in [0.2, 0.25) is 0 Å². The standard InChI is InChI=1S/C13H22N2O2/c1-13(2,3)17-12(16)15-9-5-7-11(15)10-6-4-8-14-10/h11H,4-9H2,1-3H3/t11-/m0/s1. The first-order valence-corrected chi connectivity index (χ1v) is 6.50. The molecule has 2 rings (SSSR count). The number of carbonyl (C=O) groups excluding carboxylic acids is 1. The van der Waals surface area contributed by atoms with Crippen LogP contribution in [0.1, 0.15) is 46.5 Å². The molecule has 2 heterocycles. The molecular formula is C13H22N2O2. The smallest absolute Gasteiger partial charge is 0.410 e. The fourth-order valence-electron chi connectivity index (χ4n) is 2.49. The summed E-state index contributed by atoms with van der Waals surface area (Å²) in [6.07, 6.45) is 4.09. The Morgan fingerprint density at radius 3 is 2.76 bits per heavy atom. The van der Waals surface area contributed by atoms with Gasteiger partial charge in [-0.05, 0) is 46.5 Å². The average Bonchev–Trinajstić information content (AvgIpc) is 2.85. The van der Waals surface area contributed by atoms with Gasteiger partial charge in [0, 0.05) is 18.8 Å². The average molecular weight is 238 g/mol. The highest BCUT2D eigenvalue weighted by Crippen LogP contribution is 2.25. The molecule has 4 nitrogen and oxygen atoms in total. The number of aliphatic imine (C=N–C) groups is 1. The van der Waals surface area contributed by atoms with Gasteiger partial charge in [0.2, 0.25) is 0 Å². The third-order valence-corrected chi connectivity index (χ3v) is 3.17. The number of hydrogen-bond donors (Lipinski definition) is 0. The van der Waals surface area contributed by atoms with Crippen molar-refractivity contribution in [1.29, 1.82) is 0 Å². The molecule has 1 saturated heterocycles. The summed E-state index contributed by atoms with van der Waals surface area (Å²) >= 11 is 0. The number of ether oxygens (including phenoxy) is 1. The molecule has 0 aromatic carbocycles. The van der Waals surface area contributed by atoms with Crippen molar-refractivity contribution < 1.29 is 9.53 Å². The van der Waals surface area contributed by atoms with E-state index in [1.165, 1.54) is 5.71 Å². The molecular weight excluding hydrogens is 216 g/mol. The van der Waals surface area contributed by atoms with Gasteiger partial charge in [-0.2, -0.15) is 0 Å². The topological polar surface area (TPSA) is 41.9 Å². The molecule has 1 fully saturated rings. The van der Waals surface area contributed by atoms with Gasteiger partial charge in [-0.1, -0.05) is 0 Å². The van der Waals surface area contributed by atoms with Gasteiger partial charge in [0.25, 0.3) is 0 Å². The molecule has 96 valence electrons. The first-order chi connectivity index (χ1) is 7.97. The minimum Gasteiger partial charge on any atom is -0.444 e. The van der Waals surface area contributed by atoms with Crippen LogP contribution in [0.3, 0.4) is 0 Å².